The first-order chi connectivity index (χ1) is 16.2. The molecule has 1 aliphatic heterocycles. The zero-order chi connectivity index (χ0) is 24.2. The maximum Gasteiger partial charge on any atom is 0.0831 e. The van der Waals surface area contributed by atoms with Gasteiger partial charge in [-0.05, 0) is 61.9 Å². The number of aliphatic hydroxyl groups is 2. The fraction of sp³-hybridized carbons (Fsp3) is 0.310. The normalized spacial score (nSPS) is 18.8. The van der Waals surface area contributed by atoms with Crippen molar-refractivity contribution in [2.75, 3.05) is 5.32 Å². The number of thiophene rings is 1. The number of nitrogens with one attached hydrogen (secondary N) is 2. The van der Waals surface area contributed by atoms with Gasteiger partial charge in [-0.25, -0.2) is 0 Å². The van der Waals surface area contributed by atoms with Gasteiger partial charge in [-0.2, -0.15) is 0 Å². The topological polar surface area (TPSA) is 68.3 Å². The molecule has 4 N–H and O–H groups in total. The van der Waals surface area contributed by atoms with Crippen molar-refractivity contribution >= 4 is 27.9 Å². The first-order valence-corrected chi connectivity index (χ1v) is 12.5. The summed E-state index contributed by atoms with van der Waals surface area (Å²) < 4.78 is 0. The molecule has 34 heavy (non-hydrogen) atoms. The van der Waals surface area contributed by atoms with E-state index in [-0.39, 0.29) is 12.5 Å². The molecule has 0 saturated heterocycles. The number of hydrogen-bond donors (Lipinski definition) is 4. The van der Waals surface area contributed by atoms with Gasteiger partial charge in [-0.15, -0.1) is 11.3 Å². The lowest BCUT2D eigenvalue weighted by Gasteiger charge is -2.43. The third kappa shape index (κ3) is 3.54. The summed E-state index contributed by atoms with van der Waals surface area (Å²) in [5, 5.41) is 27.7. The molecule has 1 aliphatic rings. The zero-order valence-electron chi connectivity index (χ0n) is 20.2. The molecule has 0 amide bonds. The number of aromatic amines is 1. The van der Waals surface area contributed by atoms with Crippen LogP contribution in [0.15, 0.2) is 41.9 Å². The highest BCUT2D eigenvalue weighted by atomic mass is 32.1. The Hall–Kier alpha value is -3.04. The van der Waals surface area contributed by atoms with E-state index in [2.05, 4.69) is 67.2 Å². The van der Waals surface area contributed by atoms with E-state index in [1.54, 1.807) is 0 Å². The van der Waals surface area contributed by atoms with Crippen LogP contribution in [0.1, 0.15) is 59.4 Å². The molecule has 0 unspecified atom stereocenters. The Morgan fingerprint density at radius 3 is 2.65 bits per heavy atom. The maximum atomic E-state index is 11.2. The molecule has 174 valence electrons. The van der Waals surface area contributed by atoms with Gasteiger partial charge in [0.2, 0.25) is 0 Å². The van der Waals surface area contributed by atoms with Gasteiger partial charge in [0.05, 0.1) is 28.6 Å². The predicted molar refractivity (Wildman–Crippen MR) is 142 cm³/mol. The quantitative estimate of drug-likeness (QED) is 0.269. The van der Waals surface area contributed by atoms with E-state index in [0.29, 0.717) is 0 Å². The van der Waals surface area contributed by atoms with E-state index in [4.69, 9.17) is 0 Å². The summed E-state index contributed by atoms with van der Waals surface area (Å²) in [6.45, 7) is 10.4. The Morgan fingerprint density at radius 2 is 1.88 bits per heavy atom. The third-order valence-electron chi connectivity index (χ3n) is 7.11. The average Bonchev–Trinajstić information content (AvgIpc) is 3.43. The maximum absolute atomic E-state index is 11.2. The van der Waals surface area contributed by atoms with E-state index in [1.165, 1.54) is 22.3 Å². The number of anilines is 1. The molecule has 0 fully saturated rings. The molecule has 0 aliphatic carbocycles. The van der Waals surface area contributed by atoms with Crippen molar-refractivity contribution in [3.63, 3.8) is 0 Å². The number of H-pyrrole nitrogens is 1. The van der Waals surface area contributed by atoms with Crippen LogP contribution in [0.25, 0.3) is 22.0 Å². The molecular formula is C29H30N2O2S. The lowest BCUT2D eigenvalue weighted by atomic mass is 9.75. The Labute approximate surface area is 204 Å². The molecule has 5 heteroatoms. The number of fused-ring (bicyclic) bond motifs is 2. The van der Waals surface area contributed by atoms with Gasteiger partial charge in [0.25, 0.3) is 0 Å². The Balaban J connectivity index is 1.83. The molecular weight excluding hydrogens is 440 g/mol. The number of para-hydroxylation sites is 1. The van der Waals surface area contributed by atoms with Crippen LogP contribution in [0.5, 0.6) is 0 Å². The summed E-state index contributed by atoms with van der Waals surface area (Å²) in [4.78, 5) is 4.33. The summed E-state index contributed by atoms with van der Waals surface area (Å²) >= 11 is 1.54. The fourth-order valence-corrected chi connectivity index (χ4v) is 5.96. The third-order valence-corrected chi connectivity index (χ3v) is 7.98. The van der Waals surface area contributed by atoms with Crippen LogP contribution in [-0.2, 0) is 6.61 Å². The van der Waals surface area contributed by atoms with Gasteiger partial charge in [-0.3, -0.25) is 0 Å². The van der Waals surface area contributed by atoms with Crippen LogP contribution < -0.4 is 5.32 Å². The van der Waals surface area contributed by atoms with Crippen LogP contribution in [0, 0.1) is 25.7 Å². The largest absolute Gasteiger partial charge is 0.392 e. The van der Waals surface area contributed by atoms with Crippen molar-refractivity contribution in [3.05, 3.63) is 74.6 Å². The second-order valence-electron chi connectivity index (χ2n) is 9.87. The molecule has 5 rings (SSSR count). The number of rotatable bonds is 2. The van der Waals surface area contributed by atoms with Gasteiger partial charge in [0.1, 0.15) is 0 Å². The molecule has 0 saturated carbocycles. The van der Waals surface area contributed by atoms with Crippen molar-refractivity contribution < 1.29 is 10.2 Å². The number of benzene rings is 2. The van der Waals surface area contributed by atoms with Crippen molar-refractivity contribution in [1.82, 2.24) is 4.98 Å². The van der Waals surface area contributed by atoms with Gasteiger partial charge >= 0.3 is 0 Å². The molecule has 3 heterocycles. The van der Waals surface area contributed by atoms with Crippen LogP contribution in [0.2, 0.25) is 0 Å². The highest BCUT2D eigenvalue weighted by molar-refractivity contribution is 7.10. The minimum atomic E-state index is -0.562. The number of aromatic nitrogens is 1. The molecule has 0 radical (unpaired) electrons. The standard InChI is InChI=1S/C29H30N2O2S/c1-16-13-23(22-8-6-7-20-17(2)14-30-27(20)22)21(9-10-24-19(15-32)11-12-34-24)25-18(3)28(33)29(4,5)31-26(16)25/h6-8,11-14,18,28,30-33H,15H2,1-5H3/t18-,28+/m0/s1. The van der Waals surface area contributed by atoms with Crippen LogP contribution >= 0.6 is 11.3 Å². The van der Waals surface area contributed by atoms with E-state index < -0.39 is 11.6 Å². The lowest BCUT2D eigenvalue weighted by molar-refractivity contribution is 0.0868. The SMILES string of the molecule is Cc1cc(-c2cccc3c(C)c[nH]c23)c(C#Cc2sccc2CO)c2c1NC(C)(C)[C@H](O)[C@H]2C. The Morgan fingerprint density at radius 1 is 1.09 bits per heavy atom. The van der Waals surface area contributed by atoms with Crippen molar-refractivity contribution in [3.8, 4) is 23.0 Å². The van der Waals surface area contributed by atoms with Crippen LogP contribution in [0.3, 0.4) is 0 Å². The molecule has 2 aromatic heterocycles. The highest BCUT2D eigenvalue weighted by Crippen LogP contribution is 2.46. The van der Waals surface area contributed by atoms with Crippen LogP contribution in [-0.4, -0.2) is 26.8 Å². The minimum absolute atomic E-state index is 0.0295. The van der Waals surface area contributed by atoms with Gasteiger partial charge < -0.3 is 20.5 Å². The van der Waals surface area contributed by atoms with Gasteiger partial charge in [0.15, 0.2) is 0 Å². The minimum Gasteiger partial charge on any atom is -0.392 e. The monoisotopic (exact) mass is 470 g/mol. The first kappa shape index (κ1) is 22.7. The Kier molecular flexibility index (Phi) is 5.56. The second kappa shape index (κ2) is 8.32. The van der Waals surface area contributed by atoms with Crippen molar-refractivity contribution in [2.45, 2.75) is 58.8 Å². The summed E-state index contributed by atoms with van der Waals surface area (Å²) in [5.74, 6) is 6.72. The Bertz CT molecular complexity index is 1460. The first-order valence-electron chi connectivity index (χ1n) is 11.6. The molecule has 4 aromatic rings. The second-order valence-corrected chi connectivity index (χ2v) is 10.8. The summed E-state index contributed by atoms with van der Waals surface area (Å²) in [7, 11) is 0. The zero-order valence-corrected chi connectivity index (χ0v) is 21.0. The number of aliphatic hydroxyl groups excluding tert-OH is 2. The molecule has 0 spiro atoms. The number of aryl methyl sites for hydroxylation is 2. The van der Waals surface area contributed by atoms with E-state index in [0.717, 1.165) is 49.5 Å². The summed E-state index contributed by atoms with van der Waals surface area (Å²) in [5.41, 5.74) is 9.01. The average molecular weight is 471 g/mol. The summed E-state index contributed by atoms with van der Waals surface area (Å²) in [6.07, 6.45) is 1.48. The molecule has 0 bridgehead atoms. The van der Waals surface area contributed by atoms with Crippen LogP contribution in [0.4, 0.5) is 5.69 Å². The van der Waals surface area contributed by atoms with E-state index >= 15 is 0 Å². The number of hydrogen-bond acceptors (Lipinski definition) is 4. The smallest absolute Gasteiger partial charge is 0.0831 e. The lowest BCUT2D eigenvalue weighted by Crippen LogP contribution is -2.50. The van der Waals surface area contributed by atoms with Crippen molar-refractivity contribution in [2.24, 2.45) is 0 Å². The van der Waals surface area contributed by atoms with Gasteiger partial charge in [0, 0.05) is 45.4 Å². The molecule has 4 nitrogen and oxygen atoms in total. The van der Waals surface area contributed by atoms with E-state index in [1.807, 2.05) is 31.5 Å². The van der Waals surface area contributed by atoms with Gasteiger partial charge in [-0.1, -0.05) is 37.0 Å². The molecule has 2 aromatic carbocycles. The summed E-state index contributed by atoms with van der Waals surface area (Å²) in [6, 6.07) is 10.5. The predicted octanol–water partition coefficient (Wildman–Crippen LogP) is 6.07. The highest BCUT2D eigenvalue weighted by Gasteiger charge is 2.40. The fourth-order valence-electron chi connectivity index (χ4n) is 5.20. The molecule has 2 atom stereocenters. The van der Waals surface area contributed by atoms with E-state index in [9.17, 15) is 10.2 Å². The van der Waals surface area contributed by atoms with Crippen molar-refractivity contribution in [1.29, 1.82) is 0 Å².